The van der Waals surface area contributed by atoms with E-state index < -0.39 is 0 Å². The van der Waals surface area contributed by atoms with Gasteiger partial charge in [0.25, 0.3) is 0 Å². The molecule has 0 bridgehead atoms. The fraction of sp³-hybridized carbons (Fsp3) is 0.235. The van der Waals surface area contributed by atoms with Gasteiger partial charge >= 0.3 is 0 Å². The van der Waals surface area contributed by atoms with Crippen molar-refractivity contribution in [2.75, 3.05) is 19.0 Å². The lowest BCUT2D eigenvalue weighted by Gasteiger charge is -2.18. The Bertz CT molecular complexity index is 646. The van der Waals surface area contributed by atoms with Crippen molar-refractivity contribution in [2.24, 2.45) is 0 Å². The van der Waals surface area contributed by atoms with Crippen molar-refractivity contribution in [2.45, 2.75) is 11.4 Å². The molecule has 0 unspecified atom stereocenters. The third-order valence-electron chi connectivity index (χ3n) is 3.21. The predicted octanol–water partition coefficient (Wildman–Crippen LogP) is 2.87. The third-order valence-corrected chi connectivity index (χ3v) is 4.22. The van der Waals surface area contributed by atoms with Gasteiger partial charge in [-0.2, -0.15) is 0 Å². The van der Waals surface area contributed by atoms with Crippen LogP contribution in [0.4, 0.5) is 0 Å². The van der Waals surface area contributed by atoms with Gasteiger partial charge in [0, 0.05) is 11.4 Å². The van der Waals surface area contributed by atoms with Crippen LogP contribution in [0.2, 0.25) is 0 Å². The monoisotopic (exact) mass is 315 g/mol. The summed E-state index contributed by atoms with van der Waals surface area (Å²) in [7, 11) is 0. The molecule has 1 aliphatic heterocycles. The van der Waals surface area contributed by atoms with E-state index in [4.69, 9.17) is 9.47 Å². The predicted molar refractivity (Wildman–Crippen MR) is 86.4 cm³/mol. The highest BCUT2D eigenvalue weighted by Gasteiger charge is 2.12. The number of benzene rings is 2. The Labute approximate surface area is 133 Å². The minimum Gasteiger partial charge on any atom is -0.486 e. The van der Waals surface area contributed by atoms with Gasteiger partial charge in [0.1, 0.15) is 13.2 Å². The first-order chi connectivity index (χ1) is 10.8. The lowest BCUT2D eigenvalue weighted by molar-refractivity contribution is -0.118. The average Bonchev–Trinajstić information content (AvgIpc) is 2.59. The number of ether oxygens (including phenoxy) is 2. The van der Waals surface area contributed by atoms with Crippen molar-refractivity contribution < 1.29 is 14.3 Å². The zero-order chi connectivity index (χ0) is 15.2. The van der Waals surface area contributed by atoms with Gasteiger partial charge in [0.15, 0.2) is 11.5 Å². The minimum absolute atomic E-state index is 0.0174. The Morgan fingerprint density at radius 3 is 2.64 bits per heavy atom. The molecule has 0 radical (unpaired) electrons. The molecule has 0 atom stereocenters. The van der Waals surface area contributed by atoms with Crippen LogP contribution in [0.15, 0.2) is 53.4 Å². The summed E-state index contributed by atoms with van der Waals surface area (Å²) in [6.45, 7) is 1.64. The van der Waals surface area contributed by atoms with E-state index in [9.17, 15) is 4.79 Å². The fourth-order valence-electron chi connectivity index (χ4n) is 2.12. The number of hydrogen-bond donors (Lipinski definition) is 1. The van der Waals surface area contributed by atoms with Crippen LogP contribution < -0.4 is 14.8 Å². The summed E-state index contributed by atoms with van der Waals surface area (Å²) in [5.74, 6) is 1.94. The van der Waals surface area contributed by atoms with Crippen LogP contribution in [0, 0.1) is 0 Å². The molecule has 0 fully saturated rings. The van der Waals surface area contributed by atoms with Crippen LogP contribution in [0.1, 0.15) is 5.56 Å². The van der Waals surface area contributed by atoms with Gasteiger partial charge in [-0.15, -0.1) is 11.8 Å². The second-order valence-electron chi connectivity index (χ2n) is 4.86. The molecule has 5 heteroatoms. The molecule has 1 amide bonds. The van der Waals surface area contributed by atoms with Gasteiger partial charge in [-0.3, -0.25) is 4.79 Å². The molecule has 0 saturated carbocycles. The van der Waals surface area contributed by atoms with Crippen molar-refractivity contribution >= 4 is 17.7 Å². The molecule has 0 spiro atoms. The first kappa shape index (κ1) is 14.8. The third kappa shape index (κ3) is 3.95. The Hall–Kier alpha value is -2.14. The summed E-state index contributed by atoms with van der Waals surface area (Å²) in [6, 6.07) is 15.6. The molecule has 4 nitrogen and oxygen atoms in total. The Morgan fingerprint density at radius 2 is 1.82 bits per heavy atom. The molecule has 1 N–H and O–H groups in total. The Kier molecular flexibility index (Phi) is 4.85. The maximum atomic E-state index is 11.9. The molecular weight excluding hydrogens is 298 g/mol. The number of thioether (sulfide) groups is 1. The first-order valence-corrected chi connectivity index (χ1v) is 8.13. The van der Waals surface area contributed by atoms with Crippen molar-refractivity contribution in [3.05, 3.63) is 54.1 Å². The van der Waals surface area contributed by atoms with Crippen molar-refractivity contribution in [1.82, 2.24) is 5.32 Å². The van der Waals surface area contributed by atoms with Crippen molar-refractivity contribution in [3.8, 4) is 11.5 Å². The molecule has 1 aliphatic rings. The standard InChI is InChI=1S/C17H17NO3S/c19-17(12-22-14-4-2-1-3-5-14)18-11-13-6-7-15-16(10-13)21-9-8-20-15/h1-7,10H,8-9,11-12H2,(H,18,19). The smallest absolute Gasteiger partial charge is 0.230 e. The largest absolute Gasteiger partial charge is 0.486 e. The van der Waals surface area contributed by atoms with Crippen LogP contribution in [0.5, 0.6) is 11.5 Å². The average molecular weight is 315 g/mol. The summed E-state index contributed by atoms with van der Waals surface area (Å²) < 4.78 is 11.0. The van der Waals surface area contributed by atoms with E-state index in [2.05, 4.69) is 5.32 Å². The Balaban J connectivity index is 1.48. The van der Waals surface area contributed by atoms with E-state index in [0.717, 1.165) is 22.0 Å². The molecule has 114 valence electrons. The number of carbonyl (C=O) groups excluding carboxylic acids is 1. The highest BCUT2D eigenvalue weighted by molar-refractivity contribution is 8.00. The lowest BCUT2D eigenvalue weighted by atomic mass is 10.2. The van der Waals surface area contributed by atoms with Gasteiger partial charge in [-0.25, -0.2) is 0 Å². The zero-order valence-electron chi connectivity index (χ0n) is 12.1. The first-order valence-electron chi connectivity index (χ1n) is 7.14. The SMILES string of the molecule is O=C(CSc1ccccc1)NCc1ccc2c(c1)OCCO2. The molecule has 2 aromatic carbocycles. The zero-order valence-corrected chi connectivity index (χ0v) is 12.9. The fourth-order valence-corrected chi connectivity index (χ4v) is 2.86. The summed E-state index contributed by atoms with van der Waals surface area (Å²) in [6.07, 6.45) is 0. The van der Waals surface area contributed by atoms with Crippen LogP contribution in [0.25, 0.3) is 0 Å². The van der Waals surface area contributed by atoms with Gasteiger partial charge in [-0.1, -0.05) is 24.3 Å². The van der Waals surface area contributed by atoms with Gasteiger partial charge in [-0.05, 0) is 29.8 Å². The number of rotatable bonds is 5. The maximum Gasteiger partial charge on any atom is 0.230 e. The minimum atomic E-state index is 0.0174. The topological polar surface area (TPSA) is 47.6 Å². The second-order valence-corrected chi connectivity index (χ2v) is 5.91. The summed E-state index contributed by atoms with van der Waals surface area (Å²) in [4.78, 5) is 13.0. The molecule has 3 rings (SSSR count). The van der Waals surface area contributed by atoms with E-state index in [-0.39, 0.29) is 5.91 Å². The van der Waals surface area contributed by atoms with E-state index in [1.54, 1.807) is 0 Å². The number of fused-ring (bicyclic) bond motifs is 1. The maximum absolute atomic E-state index is 11.9. The molecule has 1 heterocycles. The summed E-state index contributed by atoms with van der Waals surface area (Å²) in [5.41, 5.74) is 1.00. The quantitative estimate of drug-likeness (QED) is 0.862. The highest BCUT2D eigenvalue weighted by Crippen LogP contribution is 2.30. The summed E-state index contributed by atoms with van der Waals surface area (Å²) >= 11 is 1.53. The number of carbonyl (C=O) groups is 1. The number of amides is 1. The number of hydrogen-bond acceptors (Lipinski definition) is 4. The van der Waals surface area contributed by atoms with E-state index in [1.807, 2.05) is 48.5 Å². The van der Waals surface area contributed by atoms with E-state index in [1.165, 1.54) is 11.8 Å². The lowest BCUT2D eigenvalue weighted by Crippen LogP contribution is -2.24. The van der Waals surface area contributed by atoms with Crippen LogP contribution >= 0.6 is 11.8 Å². The van der Waals surface area contributed by atoms with E-state index >= 15 is 0 Å². The molecular formula is C17H17NO3S. The van der Waals surface area contributed by atoms with Crippen molar-refractivity contribution in [3.63, 3.8) is 0 Å². The van der Waals surface area contributed by atoms with Crippen LogP contribution in [-0.2, 0) is 11.3 Å². The molecule has 0 aliphatic carbocycles. The molecule has 0 aromatic heterocycles. The van der Waals surface area contributed by atoms with E-state index in [0.29, 0.717) is 25.5 Å². The second kappa shape index (κ2) is 7.22. The Morgan fingerprint density at radius 1 is 1.05 bits per heavy atom. The summed E-state index contributed by atoms with van der Waals surface area (Å²) in [5, 5.41) is 2.92. The normalized spacial score (nSPS) is 12.7. The molecule has 22 heavy (non-hydrogen) atoms. The van der Waals surface area contributed by atoms with Crippen molar-refractivity contribution in [1.29, 1.82) is 0 Å². The highest BCUT2D eigenvalue weighted by atomic mass is 32.2. The molecule has 2 aromatic rings. The van der Waals surface area contributed by atoms with Gasteiger partial charge in [0.2, 0.25) is 5.91 Å². The number of nitrogens with one attached hydrogen (secondary N) is 1. The van der Waals surface area contributed by atoms with Crippen LogP contribution in [-0.4, -0.2) is 24.9 Å². The van der Waals surface area contributed by atoms with Gasteiger partial charge in [0.05, 0.1) is 5.75 Å². The van der Waals surface area contributed by atoms with Gasteiger partial charge < -0.3 is 14.8 Å². The van der Waals surface area contributed by atoms with Crippen LogP contribution in [0.3, 0.4) is 0 Å². The molecule has 0 saturated heterocycles.